The number of nitrogens with one attached hydrogen (secondary N) is 1. The van der Waals surface area contributed by atoms with Gasteiger partial charge in [0.05, 0.1) is 6.04 Å². The van der Waals surface area contributed by atoms with Crippen LogP contribution in [-0.4, -0.2) is 24.8 Å². The van der Waals surface area contributed by atoms with Gasteiger partial charge in [-0.2, -0.15) is 0 Å². The van der Waals surface area contributed by atoms with Crippen LogP contribution in [0.1, 0.15) is 129 Å². The first kappa shape index (κ1) is 27.1. The summed E-state index contributed by atoms with van der Waals surface area (Å²) in [5.74, 6) is -0.0178. The van der Waals surface area contributed by atoms with Gasteiger partial charge in [-0.1, -0.05) is 96.8 Å². The Hall–Kier alpha value is -0.900. The molecule has 4 heteroatoms. The highest BCUT2D eigenvalue weighted by atomic mass is 16.2. The second kappa shape index (κ2) is 22.4. The third kappa shape index (κ3) is 19.9. The van der Waals surface area contributed by atoms with Crippen molar-refractivity contribution in [1.82, 2.24) is 5.32 Å². The summed E-state index contributed by atoms with van der Waals surface area (Å²) in [4.78, 5) is 22.7. The zero-order chi connectivity index (χ0) is 20.7. The number of carbonyl (C=O) groups excluding carboxylic acids is 2. The molecule has 0 aromatic carbocycles. The molecule has 0 fully saturated rings. The Balaban J connectivity index is 3.31. The van der Waals surface area contributed by atoms with Gasteiger partial charge in [0.25, 0.3) is 0 Å². The maximum absolute atomic E-state index is 11.9. The van der Waals surface area contributed by atoms with Crippen LogP contribution in [0.15, 0.2) is 0 Å². The van der Waals surface area contributed by atoms with Gasteiger partial charge in [-0.3, -0.25) is 9.59 Å². The maximum atomic E-state index is 11.9. The fourth-order valence-corrected chi connectivity index (χ4v) is 3.58. The lowest BCUT2D eigenvalue weighted by atomic mass is 10.0. The molecule has 0 aliphatic rings. The zero-order valence-electron chi connectivity index (χ0n) is 18.6. The standard InChI is InChI=1S/C24H47N2O2/c1-2-3-4-5-6-7-8-9-10-11-12-13-14-15-16-20-24(28)26-23(22-27)19-17-18-21-25/h23H,2-21,25H2,1H3,(H,26,28)/t23-/m0/s1. The minimum Gasteiger partial charge on any atom is -0.346 e. The number of rotatable bonds is 22. The largest absolute Gasteiger partial charge is 0.346 e. The Morgan fingerprint density at radius 3 is 1.64 bits per heavy atom. The zero-order valence-corrected chi connectivity index (χ0v) is 18.6. The predicted octanol–water partition coefficient (Wildman–Crippen LogP) is 5.97. The van der Waals surface area contributed by atoms with Gasteiger partial charge in [-0.25, -0.2) is 0 Å². The molecule has 0 rings (SSSR count). The molecule has 0 aromatic heterocycles. The Morgan fingerprint density at radius 1 is 0.750 bits per heavy atom. The quantitative estimate of drug-likeness (QED) is 0.222. The highest BCUT2D eigenvalue weighted by molar-refractivity contribution is 5.79. The van der Waals surface area contributed by atoms with Crippen molar-refractivity contribution in [2.45, 2.75) is 135 Å². The lowest BCUT2D eigenvalue weighted by molar-refractivity contribution is -0.121. The van der Waals surface area contributed by atoms with E-state index in [1.54, 1.807) is 0 Å². The van der Waals surface area contributed by atoms with E-state index in [1.807, 2.05) is 6.29 Å². The molecule has 0 aliphatic carbocycles. The number of unbranched alkanes of at least 4 members (excludes halogenated alkanes) is 15. The first-order valence-electron chi connectivity index (χ1n) is 12.1. The minimum absolute atomic E-state index is 0.0178. The molecule has 0 saturated carbocycles. The van der Waals surface area contributed by atoms with Crippen LogP contribution in [0, 0.1) is 0 Å². The third-order valence-corrected chi connectivity index (χ3v) is 5.43. The Kier molecular flexibility index (Phi) is 21.7. The van der Waals surface area contributed by atoms with Crippen LogP contribution in [-0.2, 0) is 9.59 Å². The highest BCUT2D eigenvalue weighted by Gasteiger charge is 2.11. The van der Waals surface area contributed by atoms with Crippen molar-refractivity contribution in [3.8, 4) is 0 Å². The average molecular weight is 396 g/mol. The third-order valence-electron chi connectivity index (χ3n) is 5.43. The number of hydrogen-bond donors (Lipinski definition) is 2. The maximum Gasteiger partial charge on any atom is 0.222 e. The second-order valence-corrected chi connectivity index (χ2v) is 8.22. The Labute approximate surface area is 174 Å². The van der Waals surface area contributed by atoms with E-state index in [4.69, 9.17) is 5.73 Å². The summed E-state index contributed by atoms with van der Waals surface area (Å²) >= 11 is 0. The van der Waals surface area contributed by atoms with E-state index in [1.165, 1.54) is 83.5 Å². The molecule has 28 heavy (non-hydrogen) atoms. The summed E-state index contributed by atoms with van der Waals surface area (Å²) in [6.07, 6.45) is 24.6. The van der Waals surface area contributed by atoms with Crippen molar-refractivity contribution in [3.05, 3.63) is 0 Å². The van der Waals surface area contributed by atoms with Crippen LogP contribution >= 0.6 is 0 Å². The summed E-state index contributed by atoms with van der Waals surface area (Å²) in [6, 6.07) is -0.463. The molecule has 0 heterocycles. The van der Waals surface area contributed by atoms with Crippen molar-refractivity contribution < 1.29 is 9.59 Å². The van der Waals surface area contributed by atoms with Crippen LogP contribution in [0.2, 0.25) is 0 Å². The monoisotopic (exact) mass is 395 g/mol. The molecule has 0 saturated heterocycles. The van der Waals surface area contributed by atoms with Gasteiger partial charge in [0.1, 0.15) is 0 Å². The van der Waals surface area contributed by atoms with Crippen LogP contribution in [0.3, 0.4) is 0 Å². The van der Waals surface area contributed by atoms with E-state index in [2.05, 4.69) is 12.2 Å². The molecule has 0 aromatic rings. The molecular formula is C24H47N2O2. The highest BCUT2D eigenvalue weighted by Crippen LogP contribution is 2.13. The molecule has 1 amide bonds. The normalized spacial score (nSPS) is 12.1. The van der Waals surface area contributed by atoms with Crippen LogP contribution in [0.4, 0.5) is 0 Å². The van der Waals surface area contributed by atoms with Crippen molar-refractivity contribution in [3.63, 3.8) is 0 Å². The Bertz CT molecular complexity index is 347. The van der Waals surface area contributed by atoms with Gasteiger partial charge in [-0.05, 0) is 32.2 Å². The smallest absolute Gasteiger partial charge is 0.222 e. The van der Waals surface area contributed by atoms with E-state index < -0.39 is 6.04 Å². The van der Waals surface area contributed by atoms with Gasteiger partial charge in [0, 0.05) is 6.42 Å². The molecule has 0 aliphatic heterocycles. The summed E-state index contributed by atoms with van der Waals surface area (Å²) in [7, 11) is 0. The SMILES string of the molecule is CCCCCCCCCCCCCCCCCC(=O)N[C@H]([C]=O)CCCCN. The van der Waals surface area contributed by atoms with Crippen LogP contribution < -0.4 is 11.1 Å². The number of hydrogen-bond acceptors (Lipinski definition) is 3. The number of amides is 1. The average Bonchev–Trinajstić information content (AvgIpc) is 2.70. The van der Waals surface area contributed by atoms with E-state index in [0.717, 1.165) is 25.7 Å². The van der Waals surface area contributed by atoms with Crippen molar-refractivity contribution in [2.75, 3.05) is 6.54 Å². The summed E-state index contributed by atoms with van der Waals surface area (Å²) in [5, 5.41) is 2.77. The summed E-state index contributed by atoms with van der Waals surface area (Å²) in [6.45, 7) is 2.89. The molecular weight excluding hydrogens is 348 g/mol. The summed E-state index contributed by atoms with van der Waals surface area (Å²) < 4.78 is 0. The number of nitrogens with two attached hydrogens (primary N) is 1. The van der Waals surface area contributed by atoms with Crippen molar-refractivity contribution in [2.24, 2.45) is 5.73 Å². The van der Waals surface area contributed by atoms with E-state index in [-0.39, 0.29) is 5.91 Å². The van der Waals surface area contributed by atoms with E-state index >= 15 is 0 Å². The van der Waals surface area contributed by atoms with Crippen LogP contribution in [0.5, 0.6) is 0 Å². The molecule has 4 nitrogen and oxygen atoms in total. The number of carbonyl (C=O) groups is 1. The van der Waals surface area contributed by atoms with Crippen LogP contribution in [0.25, 0.3) is 0 Å². The van der Waals surface area contributed by atoms with E-state index in [9.17, 15) is 9.59 Å². The van der Waals surface area contributed by atoms with Gasteiger partial charge in [-0.15, -0.1) is 0 Å². The topological polar surface area (TPSA) is 72.2 Å². The van der Waals surface area contributed by atoms with Gasteiger partial charge < -0.3 is 11.1 Å². The predicted molar refractivity (Wildman–Crippen MR) is 120 cm³/mol. The Morgan fingerprint density at radius 2 is 1.21 bits per heavy atom. The van der Waals surface area contributed by atoms with Gasteiger partial charge >= 0.3 is 0 Å². The molecule has 0 spiro atoms. The second-order valence-electron chi connectivity index (χ2n) is 8.22. The van der Waals surface area contributed by atoms with Crippen molar-refractivity contribution in [1.29, 1.82) is 0 Å². The molecule has 0 unspecified atom stereocenters. The molecule has 165 valence electrons. The van der Waals surface area contributed by atoms with Gasteiger partial charge in [0.2, 0.25) is 12.2 Å². The van der Waals surface area contributed by atoms with Gasteiger partial charge in [0.15, 0.2) is 0 Å². The van der Waals surface area contributed by atoms with Crippen molar-refractivity contribution >= 4 is 12.2 Å². The van der Waals surface area contributed by atoms with E-state index in [0.29, 0.717) is 19.4 Å². The lowest BCUT2D eigenvalue weighted by Gasteiger charge is -2.11. The first-order valence-corrected chi connectivity index (χ1v) is 12.1. The summed E-state index contributed by atoms with van der Waals surface area (Å²) in [5.41, 5.74) is 5.44. The molecule has 0 bridgehead atoms. The molecule has 3 N–H and O–H groups in total. The molecule has 1 radical (unpaired) electrons. The lowest BCUT2D eigenvalue weighted by Crippen LogP contribution is -2.35. The fraction of sp³-hybridized carbons (Fsp3) is 0.917. The fourth-order valence-electron chi connectivity index (χ4n) is 3.58. The first-order chi connectivity index (χ1) is 13.7. The molecule has 1 atom stereocenters. The minimum atomic E-state index is -0.463.